The number of likely N-dealkylation sites (tertiary alicyclic amines) is 1. The molecule has 20 heavy (non-hydrogen) atoms. The van der Waals surface area contributed by atoms with Crippen molar-refractivity contribution in [2.75, 3.05) is 26.3 Å². The number of aliphatic hydroxyl groups is 2. The second-order valence-corrected chi connectivity index (χ2v) is 6.06. The second kappa shape index (κ2) is 7.77. The van der Waals surface area contributed by atoms with Gasteiger partial charge in [0.2, 0.25) is 0 Å². The molecule has 0 bridgehead atoms. The van der Waals surface area contributed by atoms with Crippen LogP contribution in [0.1, 0.15) is 37.7 Å². The largest absolute Gasteiger partial charge is 0.396 e. The van der Waals surface area contributed by atoms with Gasteiger partial charge in [-0.05, 0) is 56.2 Å². The van der Waals surface area contributed by atoms with E-state index >= 15 is 0 Å². The summed E-state index contributed by atoms with van der Waals surface area (Å²) < 4.78 is 0. The SMILES string of the molecule is OCCC1(CCO)CCCN(Cc2ccccc2)CC1. The minimum atomic E-state index is 0.148. The van der Waals surface area contributed by atoms with Gasteiger partial charge in [-0.1, -0.05) is 30.3 Å². The lowest BCUT2D eigenvalue weighted by Gasteiger charge is -2.31. The highest BCUT2D eigenvalue weighted by atomic mass is 16.3. The summed E-state index contributed by atoms with van der Waals surface area (Å²) in [5.74, 6) is 0. The van der Waals surface area contributed by atoms with Gasteiger partial charge in [0.1, 0.15) is 0 Å². The van der Waals surface area contributed by atoms with E-state index in [1.165, 1.54) is 5.56 Å². The van der Waals surface area contributed by atoms with E-state index in [-0.39, 0.29) is 18.6 Å². The molecule has 2 N–H and O–H groups in total. The fourth-order valence-electron chi connectivity index (χ4n) is 3.41. The third-order valence-electron chi connectivity index (χ3n) is 4.67. The van der Waals surface area contributed by atoms with E-state index in [2.05, 4.69) is 35.2 Å². The van der Waals surface area contributed by atoms with Crippen LogP contribution in [0.3, 0.4) is 0 Å². The fourth-order valence-corrected chi connectivity index (χ4v) is 3.41. The van der Waals surface area contributed by atoms with Crippen LogP contribution in [0.15, 0.2) is 30.3 Å². The van der Waals surface area contributed by atoms with Crippen molar-refractivity contribution in [2.24, 2.45) is 5.41 Å². The van der Waals surface area contributed by atoms with Gasteiger partial charge in [0, 0.05) is 19.8 Å². The fraction of sp³-hybridized carbons (Fsp3) is 0.647. The van der Waals surface area contributed by atoms with Gasteiger partial charge in [-0.25, -0.2) is 0 Å². The zero-order valence-corrected chi connectivity index (χ0v) is 12.3. The van der Waals surface area contributed by atoms with Crippen LogP contribution in [0, 0.1) is 5.41 Å². The summed E-state index contributed by atoms with van der Waals surface area (Å²) in [7, 11) is 0. The topological polar surface area (TPSA) is 43.7 Å². The van der Waals surface area contributed by atoms with Gasteiger partial charge in [0.15, 0.2) is 0 Å². The zero-order valence-electron chi connectivity index (χ0n) is 12.3. The highest BCUT2D eigenvalue weighted by Gasteiger charge is 2.31. The molecular formula is C17H27NO2. The Kier molecular flexibility index (Phi) is 6.02. The van der Waals surface area contributed by atoms with Gasteiger partial charge in [-0.15, -0.1) is 0 Å². The maximum absolute atomic E-state index is 9.31. The van der Waals surface area contributed by atoms with Gasteiger partial charge < -0.3 is 10.2 Å². The lowest BCUT2D eigenvalue weighted by atomic mass is 9.75. The van der Waals surface area contributed by atoms with Crippen molar-refractivity contribution < 1.29 is 10.2 Å². The molecule has 1 aliphatic rings. The molecule has 1 heterocycles. The number of rotatable bonds is 6. The first-order chi connectivity index (χ1) is 9.78. The van der Waals surface area contributed by atoms with Crippen molar-refractivity contribution in [1.82, 2.24) is 4.90 Å². The van der Waals surface area contributed by atoms with Crippen molar-refractivity contribution in [1.29, 1.82) is 0 Å². The van der Waals surface area contributed by atoms with E-state index in [0.29, 0.717) is 0 Å². The van der Waals surface area contributed by atoms with Crippen LogP contribution >= 0.6 is 0 Å². The second-order valence-electron chi connectivity index (χ2n) is 6.06. The molecule has 0 saturated carbocycles. The van der Waals surface area contributed by atoms with E-state index < -0.39 is 0 Å². The molecule has 0 radical (unpaired) electrons. The molecule has 0 aliphatic carbocycles. The van der Waals surface area contributed by atoms with Crippen LogP contribution in [-0.2, 0) is 6.54 Å². The Hall–Kier alpha value is -0.900. The van der Waals surface area contributed by atoms with Gasteiger partial charge >= 0.3 is 0 Å². The maximum Gasteiger partial charge on any atom is 0.0436 e. The van der Waals surface area contributed by atoms with Crippen LogP contribution < -0.4 is 0 Å². The summed E-state index contributed by atoms with van der Waals surface area (Å²) in [6, 6.07) is 10.6. The Labute approximate surface area is 122 Å². The van der Waals surface area contributed by atoms with Crippen LogP contribution in [-0.4, -0.2) is 41.4 Å². The van der Waals surface area contributed by atoms with Crippen LogP contribution in [0.5, 0.6) is 0 Å². The average molecular weight is 277 g/mol. The Balaban J connectivity index is 1.93. The first-order valence-corrected chi connectivity index (χ1v) is 7.76. The molecule has 0 amide bonds. The van der Waals surface area contributed by atoms with Gasteiger partial charge in [-0.3, -0.25) is 4.90 Å². The summed E-state index contributed by atoms with van der Waals surface area (Å²) in [5, 5.41) is 18.6. The molecule has 0 atom stereocenters. The van der Waals surface area contributed by atoms with E-state index in [1.54, 1.807) is 0 Å². The first kappa shape index (κ1) is 15.5. The quantitative estimate of drug-likeness (QED) is 0.839. The zero-order chi connectivity index (χ0) is 14.3. The van der Waals surface area contributed by atoms with Gasteiger partial charge in [0.25, 0.3) is 0 Å². The smallest absolute Gasteiger partial charge is 0.0436 e. The number of benzene rings is 1. The number of aliphatic hydroxyl groups excluding tert-OH is 2. The van der Waals surface area contributed by atoms with Crippen molar-refractivity contribution in [3.8, 4) is 0 Å². The van der Waals surface area contributed by atoms with E-state index in [9.17, 15) is 10.2 Å². The highest BCUT2D eigenvalue weighted by molar-refractivity contribution is 5.14. The molecule has 1 fully saturated rings. The van der Waals surface area contributed by atoms with Crippen LogP contribution in [0.2, 0.25) is 0 Å². The summed E-state index contributed by atoms with van der Waals surface area (Å²) in [6.07, 6.45) is 5.02. The van der Waals surface area contributed by atoms with Crippen LogP contribution in [0.25, 0.3) is 0 Å². The number of nitrogens with zero attached hydrogens (tertiary/aromatic N) is 1. The normalized spacial score (nSPS) is 19.7. The summed E-state index contributed by atoms with van der Waals surface area (Å²) in [6.45, 7) is 3.66. The van der Waals surface area contributed by atoms with Crippen molar-refractivity contribution >= 4 is 0 Å². The lowest BCUT2D eigenvalue weighted by molar-refractivity contribution is 0.115. The monoisotopic (exact) mass is 277 g/mol. The summed E-state index contributed by atoms with van der Waals surface area (Å²) in [5.41, 5.74) is 1.51. The number of hydrogen-bond donors (Lipinski definition) is 2. The molecule has 112 valence electrons. The van der Waals surface area contributed by atoms with Crippen molar-refractivity contribution in [3.05, 3.63) is 35.9 Å². The molecule has 3 heteroatoms. The van der Waals surface area contributed by atoms with E-state index in [0.717, 1.165) is 51.7 Å². The Bertz CT molecular complexity index is 374. The molecular weight excluding hydrogens is 250 g/mol. The highest BCUT2D eigenvalue weighted by Crippen LogP contribution is 2.38. The molecule has 0 aromatic heterocycles. The molecule has 3 nitrogen and oxygen atoms in total. The molecule has 1 aromatic carbocycles. The average Bonchev–Trinajstić information content (AvgIpc) is 2.64. The Morgan fingerprint density at radius 1 is 0.950 bits per heavy atom. The minimum absolute atomic E-state index is 0.148. The third kappa shape index (κ3) is 4.30. The summed E-state index contributed by atoms with van der Waals surface area (Å²) in [4.78, 5) is 2.51. The van der Waals surface area contributed by atoms with Gasteiger partial charge in [-0.2, -0.15) is 0 Å². The lowest BCUT2D eigenvalue weighted by Crippen LogP contribution is -2.28. The van der Waals surface area contributed by atoms with E-state index in [4.69, 9.17) is 0 Å². The van der Waals surface area contributed by atoms with Crippen LogP contribution in [0.4, 0.5) is 0 Å². The molecule has 0 unspecified atom stereocenters. The molecule has 1 saturated heterocycles. The maximum atomic E-state index is 9.31. The number of hydrogen-bond acceptors (Lipinski definition) is 3. The van der Waals surface area contributed by atoms with Crippen molar-refractivity contribution in [2.45, 2.75) is 38.6 Å². The predicted molar refractivity (Wildman–Crippen MR) is 81.4 cm³/mol. The first-order valence-electron chi connectivity index (χ1n) is 7.76. The predicted octanol–water partition coefficient (Wildman–Crippen LogP) is 2.42. The standard InChI is InChI=1S/C17H27NO2/c19-13-9-17(10-14-20)7-4-11-18(12-8-17)15-16-5-2-1-3-6-16/h1-3,5-6,19-20H,4,7-15H2. The van der Waals surface area contributed by atoms with E-state index in [1.807, 2.05) is 0 Å². The third-order valence-corrected chi connectivity index (χ3v) is 4.67. The molecule has 1 aliphatic heterocycles. The molecule has 0 spiro atoms. The molecule has 2 rings (SSSR count). The molecule has 1 aromatic rings. The Morgan fingerprint density at radius 2 is 1.65 bits per heavy atom. The van der Waals surface area contributed by atoms with Gasteiger partial charge in [0.05, 0.1) is 0 Å². The van der Waals surface area contributed by atoms with Crippen molar-refractivity contribution in [3.63, 3.8) is 0 Å². The summed E-state index contributed by atoms with van der Waals surface area (Å²) >= 11 is 0. The minimum Gasteiger partial charge on any atom is -0.396 e. The Morgan fingerprint density at radius 3 is 2.30 bits per heavy atom.